The lowest BCUT2D eigenvalue weighted by atomic mass is 9.81. The minimum Gasteiger partial charge on any atom is -1.00 e. The van der Waals surface area contributed by atoms with Crippen LogP contribution in [-0.2, 0) is 17.8 Å². The molecule has 0 N–H and O–H groups in total. The average molecular weight is 296 g/mol. The van der Waals surface area contributed by atoms with Crippen molar-refractivity contribution in [3.05, 3.63) is 39.8 Å². The molecule has 2 heterocycles. The molecular weight excluding hydrogens is 274 g/mol. The van der Waals surface area contributed by atoms with E-state index in [0.717, 1.165) is 24.0 Å². The molecule has 2 aliphatic heterocycles. The van der Waals surface area contributed by atoms with Crippen LogP contribution in [0.3, 0.4) is 0 Å². The van der Waals surface area contributed by atoms with Gasteiger partial charge in [0, 0.05) is 24.2 Å². The maximum absolute atomic E-state index is 11.3. The summed E-state index contributed by atoms with van der Waals surface area (Å²) in [6.07, 6.45) is 2.69. The number of hydrogen-bond acceptors (Lipinski definition) is 2. The van der Waals surface area contributed by atoms with Crippen LogP contribution in [0.2, 0.25) is 0 Å². The Morgan fingerprint density at radius 2 is 1.90 bits per heavy atom. The van der Waals surface area contributed by atoms with Gasteiger partial charge in [-0.25, -0.2) is 0 Å². The Labute approximate surface area is 126 Å². The highest BCUT2D eigenvalue weighted by Gasteiger charge is 2.41. The van der Waals surface area contributed by atoms with E-state index in [1.165, 1.54) is 16.7 Å². The van der Waals surface area contributed by atoms with Gasteiger partial charge in [-0.05, 0) is 27.4 Å². The smallest absolute Gasteiger partial charge is 0.194 e. The van der Waals surface area contributed by atoms with Crippen molar-refractivity contribution < 1.29 is 21.9 Å². The molecule has 1 fully saturated rings. The molecule has 4 heteroatoms. The zero-order valence-electron chi connectivity index (χ0n) is 12.2. The summed E-state index contributed by atoms with van der Waals surface area (Å²) in [6, 6.07) is 6.79. The number of ether oxygens (including phenoxy) is 1. The molecule has 0 radical (unpaired) electrons. The molecule has 20 heavy (non-hydrogen) atoms. The fourth-order valence-electron chi connectivity index (χ4n) is 3.16. The van der Waals surface area contributed by atoms with E-state index in [2.05, 4.69) is 32.0 Å². The van der Waals surface area contributed by atoms with Gasteiger partial charge in [0.05, 0.1) is 12.2 Å². The van der Waals surface area contributed by atoms with Gasteiger partial charge in [-0.3, -0.25) is 0 Å². The molecule has 1 saturated heterocycles. The monoisotopic (exact) mass is 295 g/mol. The highest BCUT2D eigenvalue weighted by atomic mass is 35.5. The quantitative estimate of drug-likeness (QED) is 0.693. The second-order valence-electron chi connectivity index (χ2n) is 6.26. The predicted octanol–water partition coefficient (Wildman–Crippen LogP) is 0.198. The first kappa shape index (κ1) is 15.5. The number of nitroso groups, excluding NO2 is 1. The van der Waals surface area contributed by atoms with Crippen LogP contribution in [0, 0.1) is 4.91 Å². The van der Waals surface area contributed by atoms with Gasteiger partial charge in [-0.1, -0.05) is 32.0 Å². The van der Waals surface area contributed by atoms with Crippen molar-refractivity contribution in [3.63, 3.8) is 0 Å². The van der Waals surface area contributed by atoms with Gasteiger partial charge in [-0.15, -0.1) is 0 Å². The van der Waals surface area contributed by atoms with Gasteiger partial charge in [0.15, 0.2) is 13.1 Å². The summed E-state index contributed by atoms with van der Waals surface area (Å²) in [7, 11) is 0. The number of benzene rings is 1. The number of halogens is 1. The molecule has 3 rings (SSSR count). The van der Waals surface area contributed by atoms with Gasteiger partial charge in [0.2, 0.25) is 0 Å². The SMILES string of the molecule is CC(C)c1ccc2c(c1)COC1(CC[N+](=O)CC1)C2.[Cl-]. The van der Waals surface area contributed by atoms with E-state index in [9.17, 15) is 4.91 Å². The van der Waals surface area contributed by atoms with Crippen molar-refractivity contribution in [1.29, 1.82) is 0 Å². The largest absolute Gasteiger partial charge is 1.00 e. The molecular formula is C16H22ClNO2. The Morgan fingerprint density at radius 3 is 2.55 bits per heavy atom. The van der Waals surface area contributed by atoms with Gasteiger partial charge >= 0.3 is 0 Å². The normalized spacial score (nSPS) is 20.6. The minimum atomic E-state index is -0.0761. The Bertz CT molecular complexity index is 503. The Balaban J connectivity index is 0.00000147. The first-order valence-corrected chi connectivity index (χ1v) is 7.26. The van der Waals surface area contributed by atoms with E-state index < -0.39 is 0 Å². The average Bonchev–Trinajstić information content (AvgIpc) is 2.42. The van der Waals surface area contributed by atoms with Crippen LogP contribution in [0.15, 0.2) is 18.2 Å². The van der Waals surface area contributed by atoms with Crippen molar-refractivity contribution in [1.82, 2.24) is 0 Å². The summed E-state index contributed by atoms with van der Waals surface area (Å²) in [5, 5.41) is 0. The van der Waals surface area contributed by atoms with Crippen LogP contribution in [0.1, 0.15) is 49.3 Å². The molecule has 0 saturated carbocycles. The minimum absolute atomic E-state index is 0. The number of hydrogen-bond donors (Lipinski definition) is 0. The lowest BCUT2D eigenvalue weighted by molar-refractivity contribution is -0.567. The molecule has 1 spiro atoms. The molecule has 0 aliphatic carbocycles. The van der Waals surface area contributed by atoms with E-state index in [1.807, 2.05) is 0 Å². The van der Waals surface area contributed by atoms with Crippen LogP contribution in [0.5, 0.6) is 0 Å². The van der Waals surface area contributed by atoms with E-state index in [1.54, 1.807) is 0 Å². The number of rotatable bonds is 1. The molecule has 1 aromatic carbocycles. The van der Waals surface area contributed by atoms with Gasteiger partial charge in [0.1, 0.15) is 0 Å². The summed E-state index contributed by atoms with van der Waals surface area (Å²) in [5.41, 5.74) is 4.05. The van der Waals surface area contributed by atoms with Gasteiger partial charge in [-0.2, -0.15) is 0 Å². The molecule has 2 aliphatic rings. The van der Waals surface area contributed by atoms with Crippen molar-refractivity contribution in [2.75, 3.05) is 13.1 Å². The van der Waals surface area contributed by atoms with E-state index in [-0.39, 0.29) is 18.0 Å². The van der Waals surface area contributed by atoms with Gasteiger partial charge < -0.3 is 17.1 Å². The van der Waals surface area contributed by atoms with Crippen LogP contribution >= 0.6 is 0 Å². The van der Waals surface area contributed by atoms with Crippen molar-refractivity contribution >= 4 is 0 Å². The summed E-state index contributed by atoms with van der Waals surface area (Å²) in [4.78, 5) is 11.3. The van der Waals surface area contributed by atoms with E-state index in [4.69, 9.17) is 4.74 Å². The molecule has 0 atom stereocenters. The number of fused-ring (bicyclic) bond motifs is 1. The predicted molar refractivity (Wildman–Crippen MR) is 74.4 cm³/mol. The van der Waals surface area contributed by atoms with Crippen LogP contribution in [0.25, 0.3) is 0 Å². The lowest BCUT2D eigenvalue weighted by Crippen LogP contribution is -3.00. The number of piperidine rings is 1. The third-order valence-corrected chi connectivity index (χ3v) is 4.58. The second-order valence-corrected chi connectivity index (χ2v) is 6.26. The number of nitrogens with zero attached hydrogens (tertiary/aromatic N) is 1. The highest BCUT2D eigenvalue weighted by molar-refractivity contribution is 5.35. The summed E-state index contributed by atoms with van der Waals surface area (Å²) >= 11 is 0. The van der Waals surface area contributed by atoms with Crippen LogP contribution < -0.4 is 12.4 Å². The molecule has 3 nitrogen and oxygen atoms in total. The van der Waals surface area contributed by atoms with Gasteiger partial charge in [0.25, 0.3) is 0 Å². The maximum atomic E-state index is 11.3. The molecule has 0 aromatic heterocycles. The maximum Gasteiger partial charge on any atom is 0.194 e. The molecule has 0 amide bonds. The molecule has 110 valence electrons. The topological polar surface area (TPSA) is 29.3 Å². The Hall–Kier alpha value is -0.930. The first-order chi connectivity index (χ1) is 9.08. The fourth-order valence-corrected chi connectivity index (χ4v) is 3.16. The zero-order valence-corrected chi connectivity index (χ0v) is 12.9. The fraction of sp³-hybridized carbons (Fsp3) is 0.625. The molecule has 0 bridgehead atoms. The summed E-state index contributed by atoms with van der Waals surface area (Å²) in [5.74, 6) is 0.560. The summed E-state index contributed by atoms with van der Waals surface area (Å²) in [6.45, 7) is 6.36. The van der Waals surface area contributed by atoms with Crippen molar-refractivity contribution in [2.45, 2.75) is 51.2 Å². The highest BCUT2D eigenvalue weighted by Crippen LogP contribution is 2.36. The standard InChI is InChI=1S/C16H22NO2.ClH/c1-12(2)13-3-4-14-10-16(19-11-15(14)9-13)5-7-17(18)8-6-16;/h3-4,9,12H,5-8,10-11H2,1-2H3;1H/q+1;/p-1. The Kier molecular flexibility index (Phi) is 4.50. The first-order valence-electron chi connectivity index (χ1n) is 7.26. The van der Waals surface area contributed by atoms with Crippen LogP contribution in [-0.4, -0.2) is 23.5 Å². The molecule has 1 aromatic rings. The van der Waals surface area contributed by atoms with Crippen molar-refractivity contribution in [2.24, 2.45) is 0 Å². The second kappa shape index (κ2) is 5.82. The van der Waals surface area contributed by atoms with E-state index in [0.29, 0.717) is 25.6 Å². The Morgan fingerprint density at radius 1 is 1.20 bits per heavy atom. The third-order valence-electron chi connectivity index (χ3n) is 4.58. The molecule has 0 unspecified atom stereocenters. The van der Waals surface area contributed by atoms with Crippen molar-refractivity contribution in [3.8, 4) is 0 Å². The summed E-state index contributed by atoms with van der Waals surface area (Å²) < 4.78 is 7.31. The lowest BCUT2D eigenvalue weighted by Gasteiger charge is -2.38. The third kappa shape index (κ3) is 2.89. The van der Waals surface area contributed by atoms with Crippen LogP contribution in [0.4, 0.5) is 0 Å². The van der Waals surface area contributed by atoms with E-state index >= 15 is 0 Å². The zero-order chi connectivity index (χ0) is 13.5.